The predicted molar refractivity (Wildman–Crippen MR) is 71.5 cm³/mol. The first-order valence-corrected chi connectivity index (χ1v) is 6.24. The Bertz CT molecular complexity index is 539. The molecule has 1 heterocycles. The summed E-state index contributed by atoms with van der Waals surface area (Å²) in [7, 11) is 3.12. The summed E-state index contributed by atoms with van der Waals surface area (Å²) in [5, 5.41) is 0. The molecule has 1 aromatic rings. The molecular weight excluding hydrogens is 260 g/mol. The van der Waals surface area contributed by atoms with Crippen LogP contribution in [0, 0.1) is 0 Å². The summed E-state index contributed by atoms with van der Waals surface area (Å²) in [5.41, 5.74) is 0.491. The Morgan fingerprint density at radius 2 is 1.80 bits per heavy atom. The Hall–Kier alpha value is -2.37. The van der Waals surface area contributed by atoms with Crippen molar-refractivity contribution in [3.05, 3.63) is 29.8 Å². The van der Waals surface area contributed by atoms with E-state index in [1.54, 1.807) is 38.4 Å². The van der Waals surface area contributed by atoms with E-state index >= 15 is 0 Å². The van der Waals surface area contributed by atoms with E-state index in [0.717, 1.165) is 0 Å². The number of piperazine rings is 1. The van der Waals surface area contributed by atoms with Gasteiger partial charge in [0.05, 0.1) is 13.7 Å². The van der Waals surface area contributed by atoms with Gasteiger partial charge in [-0.2, -0.15) is 0 Å². The van der Waals surface area contributed by atoms with Gasteiger partial charge in [0.2, 0.25) is 0 Å². The van der Waals surface area contributed by atoms with Crippen molar-refractivity contribution in [1.82, 2.24) is 9.80 Å². The molecule has 0 unspecified atom stereocenters. The van der Waals surface area contributed by atoms with Crippen LogP contribution in [-0.4, -0.2) is 61.2 Å². The minimum atomic E-state index is -0.624. The molecule has 106 valence electrons. The zero-order chi connectivity index (χ0) is 14.7. The number of Topliss-reactive ketones (excluding diaryl/α,β-unsaturated/α-hetero) is 1. The molecule has 0 atom stereocenters. The Morgan fingerprint density at radius 1 is 1.15 bits per heavy atom. The molecule has 0 radical (unpaired) electrons. The maximum atomic E-state index is 12.1. The van der Waals surface area contributed by atoms with E-state index < -0.39 is 11.8 Å². The molecule has 0 aromatic heterocycles. The van der Waals surface area contributed by atoms with Gasteiger partial charge in [0.25, 0.3) is 0 Å². The first-order valence-electron chi connectivity index (χ1n) is 6.24. The third-order valence-electron chi connectivity index (χ3n) is 3.27. The second-order valence-corrected chi connectivity index (χ2v) is 4.61. The number of carbonyl (C=O) groups excluding carboxylic acids is 3. The molecule has 1 aliphatic heterocycles. The van der Waals surface area contributed by atoms with Gasteiger partial charge in [0.15, 0.2) is 5.78 Å². The molecule has 1 saturated heterocycles. The molecule has 0 aliphatic carbocycles. The van der Waals surface area contributed by atoms with Crippen molar-refractivity contribution in [3.63, 3.8) is 0 Å². The topological polar surface area (TPSA) is 66.9 Å². The molecule has 20 heavy (non-hydrogen) atoms. The highest BCUT2D eigenvalue weighted by Gasteiger charge is 2.31. The summed E-state index contributed by atoms with van der Waals surface area (Å²) in [6.07, 6.45) is 0. The molecule has 6 heteroatoms. The van der Waals surface area contributed by atoms with Crippen LogP contribution < -0.4 is 4.74 Å². The highest BCUT2D eigenvalue weighted by atomic mass is 16.5. The first-order chi connectivity index (χ1) is 9.52. The van der Waals surface area contributed by atoms with Gasteiger partial charge in [-0.15, -0.1) is 0 Å². The van der Waals surface area contributed by atoms with Crippen LogP contribution in [0.5, 0.6) is 5.75 Å². The van der Waals surface area contributed by atoms with E-state index in [1.807, 2.05) is 0 Å². The number of amides is 2. The van der Waals surface area contributed by atoms with Crippen molar-refractivity contribution in [3.8, 4) is 5.75 Å². The Labute approximate surface area is 116 Å². The lowest BCUT2D eigenvalue weighted by atomic mass is 10.1. The van der Waals surface area contributed by atoms with Crippen molar-refractivity contribution < 1.29 is 19.1 Å². The Kier molecular flexibility index (Phi) is 4.02. The molecule has 2 amide bonds. The number of ether oxygens (including phenoxy) is 1. The number of rotatable bonds is 4. The number of benzene rings is 1. The van der Waals surface area contributed by atoms with Gasteiger partial charge in [-0.3, -0.25) is 14.4 Å². The number of carbonyl (C=O) groups is 3. The number of nitrogens with zero attached hydrogens (tertiary/aromatic N) is 2. The van der Waals surface area contributed by atoms with E-state index in [1.165, 1.54) is 9.80 Å². The number of hydrogen-bond acceptors (Lipinski definition) is 4. The summed E-state index contributed by atoms with van der Waals surface area (Å²) in [4.78, 5) is 38.0. The lowest BCUT2D eigenvalue weighted by Crippen LogP contribution is -2.53. The Balaban J connectivity index is 2.03. The van der Waals surface area contributed by atoms with E-state index in [9.17, 15) is 14.4 Å². The SMILES string of the molecule is COc1ccc(C(=O)CN2CCN(C)C(=O)C2=O)cc1. The smallest absolute Gasteiger partial charge is 0.312 e. The second kappa shape index (κ2) is 5.73. The van der Waals surface area contributed by atoms with E-state index in [-0.39, 0.29) is 12.3 Å². The summed E-state index contributed by atoms with van der Waals surface area (Å²) in [6.45, 7) is 0.744. The van der Waals surface area contributed by atoms with Crippen molar-refractivity contribution in [2.45, 2.75) is 0 Å². The quantitative estimate of drug-likeness (QED) is 0.581. The van der Waals surface area contributed by atoms with Crippen LogP contribution in [0.3, 0.4) is 0 Å². The molecule has 0 bridgehead atoms. The summed E-state index contributed by atoms with van der Waals surface area (Å²) >= 11 is 0. The van der Waals surface area contributed by atoms with Gasteiger partial charge in [0, 0.05) is 25.7 Å². The zero-order valence-electron chi connectivity index (χ0n) is 11.5. The molecule has 0 N–H and O–H groups in total. The normalized spacial score (nSPS) is 15.5. The van der Waals surface area contributed by atoms with Crippen LogP contribution in [0.25, 0.3) is 0 Å². The summed E-state index contributed by atoms with van der Waals surface area (Å²) in [5.74, 6) is -0.731. The third-order valence-corrected chi connectivity index (χ3v) is 3.27. The second-order valence-electron chi connectivity index (χ2n) is 4.61. The molecular formula is C14H16N2O4. The van der Waals surface area contributed by atoms with Crippen molar-refractivity contribution >= 4 is 17.6 Å². The largest absolute Gasteiger partial charge is 0.497 e. The highest BCUT2D eigenvalue weighted by molar-refractivity contribution is 6.35. The molecule has 0 spiro atoms. The highest BCUT2D eigenvalue weighted by Crippen LogP contribution is 2.13. The van der Waals surface area contributed by atoms with E-state index in [4.69, 9.17) is 4.74 Å². The minimum absolute atomic E-state index is 0.0786. The van der Waals surface area contributed by atoms with Crippen molar-refractivity contribution in [2.24, 2.45) is 0 Å². The van der Waals surface area contributed by atoms with Gasteiger partial charge in [0.1, 0.15) is 5.75 Å². The number of ketones is 1. The van der Waals surface area contributed by atoms with Crippen LogP contribution in [0.2, 0.25) is 0 Å². The van der Waals surface area contributed by atoms with E-state index in [2.05, 4.69) is 0 Å². The van der Waals surface area contributed by atoms with Crippen molar-refractivity contribution in [1.29, 1.82) is 0 Å². The van der Waals surface area contributed by atoms with Crippen LogP contribution >= 0.6 is 0 Å². The fourth-order valence-corrected chi connectivity index (χ4v) is 1.96. The minimum Gasteiger partial charge on any atom is -0.497 e. The zero-order valence-corrected chi connectivity index (χ0v) is 11.5. The van der Waals surface area contributed by atoms with E-state index in [0.29, 0.717) is 24.4 Å². The maximum Gasteiger partial charge on any atom is 0.312 e. The maximum absolute atomic E-state index is 12.1. The average Bonchev–Trinajstić information content (AvgIpc) is 2.48. The standard InChI is InChI=1S/C14H16N2O4/c1-15-7-8-16(14(19)13(15)18)9-12(17)10-3-5-11(20-2)6-4-10/h3-6H,7-9H2,1-2H3. The van der Waals surface area contributed by atoms with Crippen LogP contribution in [0.15, 0.2) is 24.3 Å². The third kappa shape index (κ3) is 2.79. The first kappa shape index (κ1) is 14.0. The van der Waals surface area contributed by atoms with Gasteiger partial charge < -0.3 is 14.5 Å². The van der Waals surface area contributed by atoms with Crippen LogP contribution in [-0.2, 0) is 9.59 Å². The summed E-state index contributed by atoms with van der Waals surface area (Å²) in [6, 6.07) is 6.65. The molecule has 0 saturated carbocycles. The van der Waals surface area contributed by atoms with Gasteiger partial charge in [-0.1, -0.05) is 0 Å². The Morgan fingerprint density at radius 3 is 2.40 bits per heavy atom. The predicted octanol–water partition coefficient (Wildman–Crippen LogP) is 0.178. The molecule has 1 fully saturated rings. The fourth-order valence-electron chi connectivity index (χ4n) is 1.96. The molecule has 1 aliphatic rings. The van der Waals surface area contributed by atoms with Gasteiger partial charge in [-0.05, 0) is 24.3 Å². The number of likely N-dealkylation sites (N-methyl/N-ethyl adjacent to an activating group) is 1. The molecule has 2 rings (SSSR count). The van der Waals surface area contributed by atoms with Crippen LogP contribution in [0.4, 0.5) is 0 Å². The summed E-state index contributed by atoms with van der Waals surface area (Å²) < 4.78 is 5.02. The monoisotopic (exact) mass is 276 g/mol. The van der Waals surface area contributed by atoms with Gasteiger partial charge in [-0.25, -0.2) is 0 Å². The van der Waals surface area contributed by atoms with Crippen molar-refractivity contribution in [2.75, 3.05) is 33.8 Å². The number of hydrogen-bond donors (Lipinski definition) is 0. The average molecular weight is 276 g/mol. The molecule has 1 aromatic carbocycles. The van der Waals surface area contributed by atoms with Gasteiger partial charge >= 0.3 is 11.8 Å². The lowest BCUT2D eigenvalue weighted by Gasteiger charge is -2.30. The number of methoxy groups -OCH3 is 1. The molecule has 6 nitrogen and oxygen atoms in total. The van der Waals surface area contributed by atoms with Crippen LogP contribution in [0.1, 0.15) is 10.4 Å². The lowest BCUT2D eigenvalue weighted by molar-refractivity contribution is -0.154. The fraction of sp³-hybridized carbons (Fsp3) is 0.357.